The van der Waals surface area contributed by atoms with E-state index in [9.17, 15) is 4.79 Å². The molecule has 1 aliphatic rings. The molecule has 0 radical (unpaired) electrons. The molecule has 102 valence electrons. The number of thioether (sulfide) groups is 1. The molecular weight excluding hydrogens is 272 g/mol. The molecule has 0 spiro atoms. The largest absolute Gasteiger partial charge is 0.326 e. The van der Waals surface area contributed by atoms with Gasteiger partial charge in [-0.15, -0.1) is 10.2 Å². The summed E-state index contributed by atoms with van der Waals surface area (Å²) in [5.41, 5.74) is 4.68. The zero-order valence-corrected chi connectivity index (χ0v) is 12.1. The van der Waals surface area contributed by atoms with Crippen molar-refractivity contribution in [2.75, 3.05) is 11.6 Å². The maximum atomic E-state index is 11.4. The molecule has 0 bridgehead atoms. The Labute approximate surface area is 121 Å². The Balaban J connectivity index is 2.01. The van der Waals surface area contributed by atoms with Crippen LogP contribution in [0.3, 0.4) is 0 Å². The van der Waals surface area contributed by atoms with Crippen molar-refractivity contribution in [2.45, 2.75) is 24.9 Å². The molecule has 0 fully saturated rings. The maximum absolute atomic E-state index is 11.4. The number of nitrogens with one attached hydrogen (secondary N) is 1. The van der Waals surface area contributed by atoms with Gasteiger partial charge in [0.25, 0.3) is 0 Å². The van der Waals surface area contributed by atoms with Gasteiger partial charge in [-0.1, -0.05) is 17.8 Å². The van der Waals surface area contributed by atoms with E-state index in [1.54, 1.807) is 0 Å². The minimum absolute atomic E-state index is 0.0761. The molecule has 20 heavy (non-hydrogen) atoms. The number of aryl methyl sites for hydroxylation is 2. The van der Waals surface area contributed by atoms with Crippen LogP contribution in [0.1, 0.15) is 17.7 Å². The van der Waals surface area contributed by atoms with Gasteiger partial charge in [0, 0.05) is 17.7 Å². The Bertz CT molecular complexity index is 687. The second-order valence-electron chi connectivity index (χ2n) is 4.65. The van der Waals surface area contributed by atoms with E-state index in [2.05, 4.69) is 26.6 Å². The number of amides is 1. The topological polar surface area (TPSA) is 67.8 Å². The number of aromatic nitrogens is 3. The first-order chi connectivity index (χ1) is 9.67. The van der Waals surface area contributed by atoms with Crippen LogP contribution in [-0.4, -0.2) is 27.3 Å². The number of carbonyl (C=O) groups is 1. The second-order valence-corrected chi connectivity index (χ2v) is 5.43. The van der Waals surface area contributed by atoms with E-state index in [-0.39, 0.29) is 5.91 Å². The first kappa shape index (κ1) is 13.1. The van der Waals surface area contributed by atoms with E-state index in [0.717, 1.165) is 34.6 Å². The van der Waals surface area contributed by atoms with Crippen molar-refractivity contribution in [3.8, 4) is 11.3 Å². The van der Waals surface area contributed by atoms with Crippen molar-refractivity contribution in [1.29, 1.82) is 0 Å². The smallest absolute Gasteiger partial charge is 0.224 e. The summed E-state index contributed by atoms with van der Waals surface area (Å²) in [5.74, 6) is 0.0761. The van der Waals surface area contributed by atoms with E-state index in [0.29, 0.717) is 11.6 Å². The Morgan fingerprint density at radius 3 is 2.85 bits per heavy atom. The summed E-state index contributed by atoms with van der Waals surface area (Å²) in [6, 6.07) is 5.93. The highest BCUT2D eigenvalue weighted by Gasteiger charge is 2.16. The first-order valence-corrected chi connectivity index (χ1v) is 7.58. The SMILES string of the molecule is CSc1nnc(-c2ccc3c(c2)CCC(=O)N3)c(C)n1. The van der Waals surface area contributed by atoms with Gasteiger partial charge < -0.3 is 5.32 Å². The number of benzene rings is 1. The van der Waals surface area contributed by atoms with E-state index < -0.39 is 0 Å². The quantitative estimate of drug-likeness (QED) is 0.859. The lowest BCUT2D eigenvalue weighted by Gasteiger charge is -2.17. The molecule has 5 nitrogen and oxygen atoms in total. The summed E-state index contributed by atoms with van der Waals surface area (Å²) in [4.78, 5) is 15.8. The van der Waals surface area contributed by atoms with E-state index in [1.165, 1.54) is 11.8 Å². The molecule has 0 saturated carbocycles. The molecular formula is C14H14N4OS. The van der Waals surface area contributed by atoms with Crippen LogP contribution < -0.4 is 5.32 Å². The van der Waals surface area contributed by atoms with Crippen molar-refractivity contribution in [3.05, 3.63) is 29.5 Å². The molecule has 0 aliphatic carbocycles. The third-order valence-electron chi connectivity index (χ3n) is 3.30. The number of anilines is 1. The van der Waals surface area contributed by atoms with Gasteiger partial charge in [0.15, 0.2) is 0 Å². The molecule has 1 aromatic carbocycles. The molecule has 0 saturated heterocycles. The Hall–Kier alpha value is -1.95. The number of nitrogens with zero attached hydrogens (tertiary/aromatic N) is 3. The summed E-state index contributed by atoms with van der Waals surface area (Å²) in [7, 11) is 0. The molecule has 0 unspecified atom stereocenters. The van der Waals surface area contributed by atoms with E-state index in [1.807, 2.05) is 25.3 Å². The molecule has 1 N–H and O–H groups in total. The lowest BCUT2D eigenvalue weighted by atomic mass is 9.99. The molecule has 0 atom stereocenters. The van der Waals surface area contributed by atoms with Crippen molar-refractivity contribution < 1.29 is 4.79 Å². The highest BCUT2D eigenvalue weighted by atomic mass is 32.2. The maximum Gasteiger partial charge on any atom is 0.224 e. The number of rotatable bonds is 2. The Kier molecular flexibility index (Phi) is 3.40. The minimum Gasteiger partial charge on any atom is -0.326 e. The van der Waals surface area contributed by atoms with Gasteiger partial charge in [-0.25, -0.2) is 4.98 Å². The van der Waals surface area contributed by atoms with Gasteiger partial charge >= 0.3 is 0 Å². The number of carbonyl (C=O) groups excluding carboxylic acids is 1. The molecule has 1 aliphatic heterocycles. The van der Waals surface area contributed by atoms with Crippen LogP contribution in [0.15, 0.2) is 23.4 Å². The summed E-state index contributed by atoms with van der Waals surface area (Å²) < 4.78 is 0. The lowest BCUT2D eigenvalue weighted by Crippen LogP contribution is -2.18. The lowest BCUT2D eigenvalue weighted by molar-refractivity contribution is -0.116. The van der Waals surface area contributed by atoms with Crippen LogP contribution in [0.2, 0.25) is 0 Å². The summed E-state index contributed by atoms with van der Waals surface area (Å²) in [5, 5.41) is 11.9. The summed E-state index contributed by atoms with van der Waals surface area (Å²) in [6.45, 7) is 1.94. The standard InChI is InChI=1S/C14H14N4OS/c1-8-13(17-18-14(15-8)20-2)10-3-5-11-9(7-10)4-6-12(19)16-11/h3,5,7H,4,6H2,1-2H3,(H,16,19). The average molecular weight is 286 g/mol. The summed E-state index contributed by atoms with van der Waals surface area (Å²) >= 11 is 1.48. The van der Waals surface area contributed by atoms with Crippen LogP contribution in [0.4, 0.5) is 5.69 Å². The van der Waals surface area contributed by atoms with Gasteiger partial charge in [-0.2, -0.15) is 0 Å². The highest BCUT2D eigenvalue weighted by Crippen LogP contribution is 2.28. The molecule has 1 aromatic heterocycles. The van der Waals surface area contributed by atoms with Crippen molar-refractivity contribution in [1.82, 2.24) is 15.2 Å². The number of hydrogen-bond donors (Lipinski definition) is 1. The molecule has 1 amide bonds. The number of fused-ring (bicyclic) bond motifs is 1. The van der Waals surface area contributed by atoms with Gasteiger partial charge in [0.2, 0.25) is 11.1 Å². The minimum atomic E-state index is 0.0761. The Morgan fingerprint density at radius 1 is 1.25 bits per heavy atom. The van der Waals surface area contributed by atoms with Crippen LogP contribution in [-0.2, 0) is 11.2 Å². The third kappa shape index (κ3) is 2.38. The van der Waals surface area contributed by atoms with Crippen LogP contribution >= 0.6 is 11.8 Å². The van der Waals surface area contributed by atoms with Crippen LogP contribution in [0, 0.1) is 6.92 Å². The van der Waals surface area contributed by atoms with Crippen LogP contribution in [0.25, 0.3) is 11.3 Å². The third-order valence-corrected chi connectivity index (χ3v) is 3.84. The second kappa shape index (κ2) is 5.20. The fourth-order valence-corrected chi connectivity index (χ4v) is 2.62. The first-order valence-electron chi connectivity index (χ1n) is 6.36. The van der Waals surface area contributed by atoms with Crippen LogP contribution in [0.5, 0.6) is 0 Å². The van der Waals surface area contributed by atoms with Gasteiger partial charge in [0.1, 0.15) is 5.69 Å². The Morgan fingerprint density at radius 2 is 2.10 bits per heavy atom. The summed E-state index contributed by atoms with van der Waals surface area (Å²) in [6.07, 6.45) is 3.22. The molecule has 6 heteroatoms. The predicted octanol–water partition coefficient (Wildman–Crippen LogP) is 2.45. The van der Waals surface area contributed by atoms with Crippen molar-refractivity contribution >= 4 is 23.4 Å². The molecule has 3 rings (SSSR count). The fraction of sp³-hybridized carbons (Fsp3) is 0.286. The van der Waals surface area contributed by atoms with Gasteiger partial charge in [-0.05, 0) is 37.3 Å². The van der Waals surface area contributed by atoms with Gasteiger partial charge in [-0.3, -0.25) is 4.79 Å². The van der Waals surface area contributed by atoms with Crippen molar-refractivity contribution in [3.63, 3.8) is 0 Å². The monoisotopic (exact) mass is 286 g/mol. The van der Waals surface area contributed by atoms with Crippen molar-refractivity contribution in [2.24, 2.45) is 0 Å². The van der Waals surface area contributed by atoms with Gasteiger partial charge in [0.05, 0.1) is 5.69 Å². The normalized spacial score (nSPS) is 13.8. The van der Waals surface area contributed by atoms with E-state index in [4.69, 9.17) is 0 Å². The zero-order chi connectivity index (χ0) is 14.1. The molecule has 2 aromatic rings. The molecule has 2 heterocycles. The predicted molar refractivity (Wildman–Crippen MR) is 78.7 cm³/mol. The van der Waals surface area contributed by atoms with E-state index >= 15 is 0 Å². The zero-order valence-electron chi connectivity index (χ0n) is 11.3. The fourth-order valence-electron chi connectivity index (χ4n) is 2.27. The number of hydrogen-bond acceptors (Lipinski definition) is 5. The highest BCUT2D eigenvalue weighted by molar-refractivity contribution is 7.98. The average Bonchev–Trinajstić information content (AvgIpc) is 2.46.